The van der Waals surface area contributed by atoms with E-state index in [4.69, 9.17) is 0 Å². The number of fused-ring (bicyclic) bond motifs is 3. The lowest BCUT2D eigenvalue weighted by molar-refractivity contribution is -0.127. The summed E-state index contributed by atoms with van der Waals surface area (Å²) >= 11 is 1.68. The van der Waals surface area contributed by atoms with Gasteiger partial charge >= 0.3 is 6.03 Å². The van der Waals surface area contributed by atoms with Crippen molar-refractivity contribution >= 4 is 28.9 Å². The lowest BCUT2D eigenvalue weighted by atomic mass is 10.1. The Morgan fingerprint density at radius 2 is 2.24 bits per heavy atom. The third-order valence-corrected chi connectivity index (χ3v) is 4.44. The zero-order valence-corrected chi connectivity index (χ0v) is 10.4. The molecular formula is C10H14N4O2S. The van der Waals surface area contributed by atoms with Gasteiger partial charge in [-0.1, -0.05) is 11.8 Å². The molecule has 0 aromatic carbocycles. The summed E-state index contributed by atoms with van der Waals surface area (Å²) in [7, 11) is 1.68. The molecule has 1 N–H and O–H groups in total. The van der Waals surface area contributed by atoms with Crippen molar-refractivity contribution in [3.05, 3.63) is 0 Å². The number of carbonyl (C=O) groups is 2. The highest BCUT2D eigenvalue weighted by atomic mass is 32.2. The molecule has 7 heteroatoms. The van der Waals surface area contributed by atoms with Gasteiger partial charge in [0.1, 0.15) is 0 Å². The van der Waals surface area contributed by atoms with Gasteiger partial charge in [0.25, 0.3) is 5.91 Å². The van der Waals surface area contributed by atoms with E-state index in [1.54, 1.807) is 18.8 Å². The first-order valence-electron chi connectivity index (χ1n) is 5.73. The van der Waals surface area contributed by atoms with Gasteiger partial charge in [-0.15, -0.1) is 0 Å². The molecule has 6 nitrogen and oxygen atoms in total. The lowest BCUT2D eigenvalue weighted by Crippen LogP contribution is -2.63. The van der Waals surface area contributed by atoms with E-state index >= 15 is 0 Å². The van der Waals surface area contributed by atoms with Crippen LogP contribution in [0.1, 0.15) is 12.8 Å². The molecule has 2 unspecified atom stereocenters. The molecule has 2 fully saturated rings. The summed E-state index contributed by atoms with van der Waals surface area (Å²) < 4.78 is 0. The number of urea groups is 1. The summed E-state index contributed by atoms with van der Waals surface area (Å²) in [6.45, 7) is 0.850. The van der Waals surface area contributed by atoms with Crippen LogP contribution < -0.4 is 5.32 Å². The van der Waals surface area contributed by atoms with Crippen LogP contribution in [0, 0.1) is 0 Å². The minimum Gasteiger partial charge on any atom is -0.336 e. The number of carbonyl (C=O) groups excluding carboxylic acids is 2. The molecule has 3 aliphatic heterocycles. The van der Waals surface area contributed by atoms with Crippen LogP contribution in [-0.4, -0.2) is 58.5 Å². The molecule has 3 rings (SSSR count). The summed E-state index contributed by atoms with van der Waals surface area (Å²) in [4.78, 5) is 31.5. The minimum atomic E-state index is -0.358. The Hall–Kier alpha value is -1.24. The van der Waals surface area contributed by atoms with E-state index in [2.05, 4.69) is 10.3 Å². The molecule has 0 saturated carbocycles. The van der Waals surface area contributed by atoms with Crippen LogP contribution in [0.3, 0.4) is 0 Å². The molecule has 17 heavy (non-hydrogen) atoms. The second-order valence-electron chi connectivity index (χ2n) is 4.42. The molecule has 0 radical (unpaired) electrons. The van der Waals surface area contributed by atoms with Gasteiger partial charge in [0, 0.05) is 19.3 Å². The van der Waals surface area contributed by atoms with Crippen molar-refractivity contribution in [1.29, 1.82) is 0 Å². The first-order chi connectivity index (χ1) is 8.18. The molecule has 3 amide bonds. The van der Waals surface area contributed by atoms with Crippen LogP contribution in [0.25, 0.3) is 0 Å². The maximum Gasteiger partial charge on any atom is 0.325 e. The smallest absolute Gasteiger partial charge is 0.325 e. The van der Waals surface area contributed by atoms with Crippen LogP contribution in [0.2, 0.25) is 0 Å². The van der Waals surface area contributed by atoms with Gasteiger partial charge in [-0.2, -0.15) is 0 Å². The molecule has 92 valence electrons. The average Bonchev–Trinajstić information content (AvgIpc) is 2.51. The number of thioether (sulfide) groups is 1. The summed E-state index contributed by atoms with van der Waals surface area (Å²) in [6.07, 6.45) is 1.87. The monoisotopic (exact) mass is 254 g/mol. The van der Waals surface area contributed by atoms with Crippen molar-refractivity contribution in [1.82, 2.24) is 15.1 Å². The third kappa shape index (κ3) is 1.60. The molecule has 3 heterocycles. The second-order valence-corrected chi connectivity index (χ2v) is 5.49. The van der Waals surface area contributed by atoms with Crippen molar-refractivity contribution in [2.75, 3.05) is 19.3 Å². The highest BCUT2D eigenvalue weighted by Gasteiger charge is 2.48. The first kappa shape index (κ1) is 10.9. The van der Waals surface area contributed by atoms with E-state index in [9.17, 15) is 9.59 Å². The number of likely N-dealkylation sites (N-methyl/N-ethyl adjacent to an activating group) is 1. The standard InChI is InChI=1S/C10H14N4O2S/c1-13-7-6(8(15)12-9(13)16)14-4-2-3-5-17-10(14)11-7/h6-7H,2-5H2,1H3,(H,12,15,16). The van der Waals surface area contributed by atoms with Crippen LogP contribution in [0.5, 0.6) is 0 Å². The van der Waals surface area contributed by atoms with E-state index < -0.39 is 0 Å². The highest BCUT2D eigenvalue weighted by Crippen LogP contribution is 2.30. The Morgan fingerprint density at radius 1 is 1.41 bits per heavy atom. The molecule has 0 bridgehead atoms. The van der Waals surface area contributed by atoms with Gasteiger partial charge in [-0.3, -0.25) is 10.1 Å². The van der Waals surface area contributed by atoms with Gasteiger partial charge in [-0.25, -0.2) is 9.79 Å². The van der Waals surface area contributed by atoms with Crippen LogP contribution >= 0.6 is 11.8 Å². The van der Waals surface area contributed by atoms with Crippen molar-refractivity contribution in [2.45, 2.75) is 25.0 Å². The van der Waals surface area contributed by atoms with Crippen molar-refractivity contribution < 1.29 is 9.59 Å². The third-order valence-electron chi connectivity index (χ3n) is 3.35. The summed E-state index contributed by atoms with van der Waals surface area (Å²) in [6, 6.07) is -0.693. The summed E-state index contributed by atoms with van der Waals surface area (Å²) in [5.41, 5.74) is 0. The first-order valence-corrected chi connectivity index (χ1v) is 6.72. The second kappa shape index (κ2) is 3.90. The zero-order valence-electron chi connectivity index (χ0n) is 9.55. The minimum absolute atomic E-state index is 0.223. The Labute approximate surface area is 103 Å². The Morgan fingerprint density at radius 3 is 3.06 bits per heavy atom. The molecule has 0 spiro atoms. The lowest BCUT2D eigenvalue weighted by Gasteiger charge is -2.35. The fraction of sp³-hybridized carbons (Fsp3) is 0.700. The number of rotatable bonds is 0. The normalized spacial score (nSPS) is 32.6. The van der Waals surface area contributed by atoms with Gasteiger partial charge in [0.05, 0.1) is 0 Å². The van der Waals surface area contributed by atoms with Crippen LogP contribution in [0.15, 0.2) is 4.99 Å². The van der Waals surface area contributed by atoms with E-state index in [1.165, 1.54) is 4.90 Å². The topological polar surface area (TPSA) is 65.0 Å². The SMILES string of the molecule is CN1C(=O)NC(=O)C2C1N=C1SCCCCN12. The molecule has 2 saturated heterocycles. The number of amides is 3. The Bertz CT molecular complexity index is 411. The number of nitrogens with one attached hydrogen (secondary N) is 1. The molecule has 0 aliphatic carbocycles. The van der Waals surface area contributed by atoms with E-state index in [1.807, 2.05) is 4.90 Å². The quantitative estimate of drug-likeness (QED) is 0.664. The van der Waals surface area contributed by atoms with Crippen molar-refractivity contribution in [2.24, 2.45) is 4.99 Å². The summed E-state index contributed by atoms with van der Waals surface area (Å²) in [5.74, 6) is 0.813. The molecule has 0 aromatic heterocycles. The number of nitrogens with zero attached hydrogens (tertiary/aromatic N) is 3. The van der Waals surface area contributed by atoms with Crippen LogP contribution in [0.4, 0.5) is 4.79 Å². The highest BCUT2D eigenvalue weighted by molar-refractivity contribution is 8.13. The van der Waals surface area contributed by atoms with Gasteiger partial charge in [-0.05, 0) is 12.8 Å². The van der Waals surface area contributed by atoms with Crippen molar-refractivity contribution in [3.8, 4) is 0 Å². The molecular weight excluding hydrogens is 240 g/mol. The van der Waals surface area contributed by atoms with E-state index in [0.717, 1.165) is 30.3 Å². The fourth-order valence-electron chi connectivity index (χ4n) is 2.40. The maximum atomic E-state index is 11.9. The summed E-state index contributed by atoms with van der Waals surface area (Å²) in [5, 5.41) is 3.29. The van der Waals surface area contributed by atoms with Gasteiger partial charge in [0.2, 0.25) is 0 Å². The predicted molar refractivity (Wildman–Crippen MR) is 64.7 cm³/mol. The molecule has 3 aliphatic rings. The number of hydrogen-bond donors (Lipinski definition) is 1. The van der Waals surface area contributed by atoms with Crippen LogP contribution in [-0.2, 0) is 4.79 Å². The van der Waals surface area contributed by atoms with Gasteiger partial charge in [0.15, 0.2) is 17.4 Å². The molecule has 0 aromatic rings. The van der Waals surface area contributed by atoms with E-state index in [0.29, 0.717) is 0 Å². The Kier molecular flexibility index (Phi) is 2.50. The van der Waals surface area contributed by atoms with Gasteiger partial charge < -0.3 is 9.80 Å². The zero-order chi connectivity index (χ0) is 12.0. The largest absolute Gasteiger partial charge is 0.336 e. The van der Waals surface area contributed by atoms with E-state index in [-0.39, 0.29) is 24.1 Å². The number of hydrogen-bond acceptors (Lipinski definition) is 5. The number of amidine groups is 1. The number of aliphatic imine (C=N–C) groups is 1. The number of imide groups is 1. The average molecular weight is 254 g/mol. The molecule has 2 atom stereocenters. The predicted octanol–water partition coefficient (Wildman–Crippen LogP) is 0.0613. The fourth-order valence-corrected chi connectivity index (χ4v) is 3.49. The maximum absolute atomic E-state index is 11.9. The van der Waals surface area contributed by atoms with Crippen molar-refractivity contribution in [3.63, 3.8) is 0 Å². The Balaban J connectivity index is 1.94.